The molecule has 0 aromatic carbocycles. The first-order valence-corrected chi connectivity index (χ1v) is 4.53. The van der Waals surface area contributed by atoms with E-state index in [0.29, 0.717) is 11.7 Å². The Balaban J connectivity index is 2.52. The van der Waals surface area contributed by atoms with E-state index >= 15 is 0 Å². The van der Waals surface area contributed by atoms with Crippen LogP contribution in [0.3, 0.4) is 0 Å². The molecule has 0 fully saturated rings. The molecule has 2 aromatic heterocycles. The van der Waals surface area contributed by atoms with Gasteiger partial charge in [-0.1, -0.05) is 0 Å². The molecule has 74 valence electrons. The van der Waals surface area contributed by atoms with E-state index in [9.17, 15) is 0 Å². The molecule has 5 nitrogen and oxygen atoms in total. The SMILES string of the molecule is CC(C)n1nccc1-c1[nH]ncc1N. The molecule has 2 aromatic rings. The van der Waals surface area contributed by atoms with Crippen LogP contribution in [0.25, 0.3) is 11.4 Å². The zero-order valence-corrected chi connectivity index (χ0v) is 8.23. The van der Waals surface area contributed by atoms with Crippen LogP contribution in [0.1, 0.15) is 19.9 Å². The third-order valence-electron chi connectivity index (χ3n) is 2.08. The number of aromatic nitrogens is 4. The third-order valence-corrected chi connectivity index (χ3v) is 2.08. The van der Waals surface area contributed by atoms with Crippen LogP contribution in [0.4, 0.5) is 5.69 Å². The second-order valence-corrected chi connectivity index (χ2v) is 3.46. The van der Waals surface area contributed by atoms with Crippen molar-refractivity contribution in [3.63, 3.8) is 0 Å². The largest absolute Gasteiger partial charge is 0.396 e. The smallest absolute Gasteiger partial charge is 0.106 e. The lowest BCUT2D eigenvalue weighted by Crippen LogP contribution is -2.05. The van der Waals surface area contributed by atoms with E-state index in [1.165, 1.54) is 0 Å². The van der Waals surface area contributed by atoms with Crippen LogP contribution in [0.2, 0.25) is 0 Å². The van der Waals surface area contributed by atoms with Crippen molar-refractivity contribution in [2.24, 2.45) is 0 Å². The predicted molar refractivity (Wildman–Crippen MR) is 54.6 cm³/mol. The van der Waals surface area contributed by atoms with Crippen molar-refractivity contribution in [1.29, 1.82) is 0 Å². The Hall–Kier alpha value is -1.78. The van der Waals surface area contributed by atoms with Gasteiger partial charge in [-0.2, -0.15) is 10.2 Å². The number of H-pyrrole nitrogens is 1. The molecule has 0 atom stereocenters. The number of nitrogens with two attached hydrogens (primary N) is 1. The quantitative estimate of drug-likeness (QED) is 0.754. The molecular weight excluding hydrogens is 178 g/mol. The topological polar surface area (TPSA) is 72.5 Å². The molecule has 2 rings (SSSR count). The van der Waals surface area contributed by atoms with E-state index in [2.05, 4.69) is 29.1 Å². The molecule has 5 heteroatoms. The van der Waals surface area contributed by atoms with Crippen molar-refractivity contribution in [3.05, 3.63) is 18.5 Å². The Bertz CT molecular complexity index is 426. The van der Waals surface area contributed by atoms with Gasteiger partial charge in [-0.15, -0.1) is 0 Å². The van der Waals surface area contributed by atoms with E-state index in [1.807, 2.05) is 10.7 Å². The Kier molecular flexibility index (Phi) is 1.99. The maximum absolute atomic E-state index is 5.77. The number of anilines is 1. The van der Waals surface area contributed by atoms with Crippen molar-refractivity contribution in [1.82, 2.24) is 20.0 Å². The lowest BCUT2D eigenvalue weighted by molar-refractivity contribution is 0.538. The van der Waals surface area contributed by atoms with E-state index in [-0.39, 0.29) is 0 Å². The highest BCUT2D eigenvalue weighted by atomic mass is 15.3. The van der Waals surface area contributed by atoms with Crippen LogP contribution < -0.4 is 5.73 Å². The molecule has 0 bridgehead atoms. The van der Waals surface area contributed by atoms with Crippen molar-refractivity contribution in [2.45, 2.75) is 19.9 Å². The molecule has 0 aliphatic heterocycles. The number of hydrogen-bond donors (Lipinski definition) is 2. The van der Waals surface area contributed by atoms with Crippen LogP contribution in [-0.2, 0) is 0 Å². The van der Waals surface area contributed by atoms with Gasteiger partial charge in [-0.25, -0.2) is 0 Å². The zero-order valence-electron chi connectivity index (χ0n) is 8.23. The van der Waals surface area contributed by atoms with Crippen molar-refractivity contribution >= 4 is 5.69 Å². The van der Waals surface area contributed by atoms with Gasteiger partial charge in [0.1, 0.15) is 5.69 Å². The van der Waals surface area contributed by atoms with Gasteiger partial charge < -0.3 is 5.73 Å². The summed E-state index contributed by atoms with van der Waals surface area (Å²) < 4.78 is 1.91. The minimum Gasteiger partial charge on any atom is -0.396 e. The summed E-state index contributed by atoms with van der Waals surface area (Å²) in [4.78, 5) is 0. The maximum atomic E-state index is 5.77. The minimum atomic E-state index is 0.308. The first kappa shape index (κ1) is 8.80. The molecule has 0 saturated heterocycles. The fraction of sp³-hybridized carbons (Fsp3) is 0.333. The number of nitrogen functional groups attached to an aromatic ring is 1. The normalized spacial score (nSPS) is 11.1. The molecule has 0 aliphatic rings. The average Bonchev–Trinajstić information content (AvgIpc) is 2.70. The maximum Gasteiger partial charge on any atom is 0.106 e. The fourth-order valence-corrected chi connectivity index (χ4v) is 1.42. The highest BCUT2D eigenvalue weighted by molar-refractivity contribution is 5.68. The van der Waals surface area contributed by atoms with Crippen LogP contribution in [0.5, 0.6) is 0 Å². The summed E-state index contributed by atoms with van der Waals surface area (Å²) in [6.45, 7) is 4.14. The van der Waals surface area contributed by atoms with E-state index in [0.717, 1.165) is 11.4 Å². The Labute approximate surface area is 81.9 Å². The molecular formula is C9H13N5. The monoisotopic (exact) mass is 191 g/mol. The summed E-state index contributed by atoms with van der Waals surface area (Å²) in [5, 5.41) is 11.0. The van der Waals surface area contributed by atoms with Gasteiger partial charge in [0.05, 0.1) is 17.6 Å². The Morgan fingerprint density at radius 2 is 2.29 bits per heavy atom. The van der Waals surface area contributed by atoms with Crippen LogP contribution in [0.15, 0.2) is 18.5 Å². The second-order valence-electron chi connectivity index (χ2n) is 3.46. The molecule has 3 N–H and O–H groups in total. The number of nitrogens with zero attached hydrogens (tertiary/aromatic N) is 3. The average molecular weight is 191 g/mol. The first-order chi connectivity index (χ1) is 6.70. The Morgan fingerprint density at radius 3 is 2.86 bits per heavy atom. The fourth-order valence-electron chi connectivity index (χ4n) is 1.42. The minimum absolute atomic E-state index is 0.308. The summed E-state index contributed by atoms with van der Waals surface area (Å²) in [6.07, 6.45) is 3.36. The highest BCUT2D eigenvalue weighted by Crippen LogP contribution is 2.24. The standard InChI is InChI=1S/C9H13N5/c1-6(2)14-8(3-4-12-14)9-7(10)5-11-13-9/h3-6H,10H2,1-2H3,(H,11,13). The van der Waals surface area contributed by atoms with Gasteiger partial charge in [0, 0.05) is 12.2 Å². The summed E-state index contributed by atoms with van der Waals surface area (Å²) >= 11 is 0. The summed E-state index contributed by atoms with van der Waals surface area (Å²) in [5.74, 6) is 0. The molecule has 0 spiro atoms. The predicted octanol–water partition coefficient (Wildman–Crippen LogP) is 1.44. The molecule has 0 amide bonds. The molecule has 0 unspecified atom stereocenters. The van der Waals surface area contributed by atoms with Gasteiger partial charge in [-0.3, -0.25) is 9.78 Å². The van der Waals surface area contributed by atoms with E-state index < -0.39 is 0 Å². The van der Waals surface area contributed by atoms with Crippen molar-refractivity contribution < 1.29 is 0 Å². The molecule has 14 heavy (non-hydrogen) atoms. The van der Waals surface area contributed by atoms with Gasteiger partial charge >= 0.3 is 0 Å². The van der Waals surface area contributed by atoms with Crippen LogP contribution in [-0.4, -0.2) is 20.0 Å². The summed E-state index contributed by atoms with van der Waals surface area (Å²) in [7, 11) is 0. The lowest BCUT2D eigenvalue weighted by atomic mass is 10.2. The van der Waals surface area contributed by atoms with Crippen molar-refractivity contribution in [2.75, 3.05) is 5.73 Å². The van der Waals surface area contributed by atoms with Crippen LogP contribution >= 0.6 is 0 Å². The van der Waals surface area contributed by atoms with Gasteiger partial charge in [0.25, 0.3) is 0 Å². The molecule has 0 radical (unpaired) electrons. The molecule has 2 heterocycles. The number of nitrogens with one attached hydrogen (secondary N) is 1. The van der Waals surface area contributed by atoms with Gasteiger partial charge in [0.15, 0.2) is 0 Å². The first-order valence-electron chi connectivity index (χ1n) is 4.53. The second kappa shape index (κ2) is 3.17. The van der Waals surface area contributed by atoms with Gasteiger partial charge in [-0.05, 0) is 19.9 Å². The highest BCUT2D eigenvalue weighted by Gasteiger charge is 2.11. The third kappa shape index (κ3) is 1.26. The van der Waals surface area contributed by atoms with Crippen LogP contribution in [0, 0.1) is 0 Å². The summed E-state index contributed by atoms with van der Waals surface area (Å²) in [5.41, 5.74) is 8.21. The number of hydrogen-bond acceptors (Lipinski definition) is 3. The number of aromatic amines is 1. The summed E-state index contributed by atoms with van der Waals surface area (Å²) in [6, 6.07) is 2.23. The molecule has 0 aliphatic carbocycles. The number of rotatable bonds is 2. The van der Waals surface area contributed by atoms with Crippen molar-refractivity contribution in [3.8, 4) is 11.4 Å². The Morgan fingerprint density at radius 1 is 1.50 bits per heavy atom. The van der Waals surface area contributed by atoms with E-state index in [4.69, 9.17) is 5.73 Å². The lowest BCUT2D eigenvalue weighted by Gasteiger charge is -2.09. The van der Waals surface area contributed by atoms with Gasteiger partial charge in [0.2, 0.25) is 0 Å². The zero-order chi connectivity index (χ0) is 10.1. The van der Waals surface area contributed by atoms with E-state index in [1.54, 1.807) is 12.4 Å². The molecule has 0 saturated carbocycles.